The van der Waals surface area contributed by atoms with Crippen LogP contribution < -0.4 is 10.6 Å². The van der Waals surface area contributed by atoms with Gasteiger partial charge < -0.3 is 10.6 Å². The van der Waals surface area contributed by atoms with Gasteiger partial charge in [-0.05, 0) is 43.5 Å². The highest BCUT2D eigenvalue weighted by molar-refractivity contribution is 5.87. The zero-order valence-corrected chi connectivity index (χ0v) is 10.2. The summed E-state index contributed by atoms with van der Waals surface area (Å²) in [5, 5.41) is 6.69. The number of rotatable bonds is 3. The SMILES string of the molecule is Cc1ccc(NCC2=NCCN2)c(C)c1C. The van der Waals surface area contributed by atoms with Gasteiger partial charge in [0.05, 0.1) is 13.1 Å². The third kappa shape index (κ3) is 2.18. The van der Waals surface area contributed by atoms with Crippen LogP contribution in [-0.4, -0.2) is 25.5 Å². The van der Waals surface area contributed by atoms with Crippen molar-refractivity contribution in [1.29, 1.82) is 0 Å². The standard InChI is InChI=1S/C13H19N3/c1-9-4-5-12(11(3)10(9)2)16-8-13-14-6-7-15-13/h4-5,16H,6-8H2,1-3H3,(H,14,15). The van der Waals surface area contributed by atoms with E-state index in [-0.39, 0.29) is 0 Å². The van der Waals surface area contributed by atoms with Gasteiger partial charge in [0.15, 0.2) is 0 Å². The van der Waals surface area contributed by atoms with E-state index in [4.69, 9.17) is 0 Å². The minimum atomic E-state index is 0.795. The molecule has 0 fully saturated rings. The van der Waals surface area contributed by atoms with Crippen molar-refractivity contribution in [2.24, 2.45) is 4.99 Å². The van der Waals surface area contributed by atoms with Gasteiger partial charge in [-0.1, -0.05) is 6.07 Å². The molecular formula is C13H19N3. The van der Waals surface area contributed by atoms with E-state index in [0.717, 1.165) is 25.5 Å². The Kier molecular flexibility index (Phi) is 3.13. The van der Waals surface area contributed by atoms with Crippen molar-refractivity contribution in [3.63, 3.8) is 0 Å². The van der Waals surface area contributed by atoms with Crippen molar-refractivity contribution in [3.8, 4) is 0 Å². The maximum Gasteiger partial charge on any atom is 0.116 e. The molecule has 3 nitrogen and oxygen atoms in total. The Morgan fingerprint density at radius 3 is 2.75 bits per heavy atom. The lowest BCUT2D eigenvalue weighted by molar-refractivity contribution is 0.956. The van der Waals surface area contributed by atoms with E-state index in [1.54, 1.807) is 0 Å². The van der Waals surface area contributed by atoms with Crippen LogP contribution in [0, 0.1) is 20.8 Å². The molecule has 0 saturated heterocycles. The van der Waals surface area contributed by atoms with Crippen LogP contribution in [-0.2, 0) is 0 Å². The van der Waals surface area contributed by atoms with Crippen molar-refractivity contribution >= 4 is 11.5 Å². The highest BCUT2D eigenvalue weighted by atomic mass is 15.1. The zero-order valence-electron chi connectivity index (χ0n) is 10.2. The molecule has 2 N–H and O–H groups in total. The third-order valence-corrected chi connectivity index (χ3v) is 3.25. The molecule has 1 aliphatic rings. The monoisotopic (exact) mass is 217 g/mol. The molecule has 0 amide bonds. The fourth-order valence-electron chi connectivity index (χ4n) is 1.89. The van der Waals surface area contributed by atoms with Crippen LogP contribution in [0.1, 0.15) is 16.7 Å². The summed E-state index contributed by atoms with van der Waals surface area (Å²) in [6, 6.07) is 4.31. The van der Waals surface area contributed by atoms with E-state index >= 15 is 0 Å². The highest BCUT2D eigenvalue weighted by Gasteiger charge is 2.06. The van der Waals surface area contributed by atoms with Crippen LogP contribution in [0.4, 0.5) is 5.69 Å². The predicted octanol–water partition coefficient (Wildman–Crippen LogP) is 2.03. The normalized spacial score (nSPS) is 14.6. The van der Waals surface area contributed by atoms with Crippen LogP contribution >= 0.6 is 0 Å². The van der Waals surface area contributed by atoms with E-state index in [2.05, 4.69) is 48.5 Å². The molecule has 16 heavy (non-hydrogen) atoms. The van der Waals surface area contributed by atoms with E-state index < -0.39 is 0 Å². The van der Waals surface area contributed by atoms with Crippen molar-refractivity contribution in [3.05, 3.63) is 28.8 Å². The molecule has 0 saturated carbocycles. The Bertz CT molecular complexity index is 421. The Balaban J connectivity index is 2.07. The number of aliphatic imine (C=N–C) groups is 1. The number of amidine groups is 1. The Morgan fingerprint density at radius 2 is 2.06 bits per heavy atom. The van der Waals surface area contributed by atoms with Crippen LogP contribution in [0.2, 0.25) is 0 Å². The quantitative estimate of drug-likeness (QED) is 0.812. The molecule has 0 spiro atoms. The first kappa shape index (κ1) is 11.0. The summed E-state index contributed by atoms with van der Waals surface area (Å²) in [4.78, 5) is 4.36. The molecule has 2 rings (SSSR count). The number of aryl methyl sites for hydroxylation is 1. The average molecular weight is 217 g/mol. The van der Waals surface area contributed by atoms with Crippen molar-refractivity contribution < 1.29 is 0 Å². The van der Waals surface area contributed by atoms with Crippen molar-refractivity contribution in [2.75, 3.05) is 25.0 Å². The Hall–Kier alpha value is -1.51. The van der Waals surface area contributed by atoms with Gasteiger partial charge in [-0.25, -0.2) is 0 Å². The number of hydrogen-bond donors (Lipinski definition) is 2. The largest absolute Gasteiger partial charge is 0.378 e. The minimum absolute atomic E-state index is 0.795. The first-order valence-electron chi connectivity index (χ1n) is 5.76. The van der Waals surface area contributed by atoms with Gasteiger partial charge in [0.1, 0.15) is 5.84 Å². The maximum absolute atomic E-state index is 4.36. The molecule has 3 heteroatoms. The van der Waals surface area contributed by atoms with E-state index in [9.17, 15) is 0 Å². The van der Waals surface area contributed by atoms with Gasteiger partial charge in [0.2, 0.25) is 0 Å². The molecule has 1 aliphatic heterocycles. The van der Waals surface area contributed by atoms with Crippen LogP contribution in [0.5, 0.6) is 0 Å². The first-order chi connectivity index (χ1) is 7.68. The summed E-state index contributed by atoms with van der Waals surface area (Å²) in [7, 11) is 0. The highest BCUT2D eigenvalue weighted by Crippen LogP contribution is 2.21. The summed E-state index contributed by atoms with van der Waals surface area (Å²) in [6.07, 6.45) is 0. The molecule has 0 radical (unpaired) electrons. The summed E-state index contributed by atoms with van der Waals surface area (Å²) in [5.74, 6) is 1.07. The maximum atomic E-state index is 4.36. The predicted molar refractivity (Wildman–Crippen MR) is 69.4 cm³/mol. The van der Waals surface area contributed by atoms with Gasteiger partial charge in [-0.3, -0.25) is 4.99 Å². The average Bonchev–Trinajstić information content (AvgIpc) is 2.78. The van der Waals surface area contributed by atoms with Gasteiger partial charge in [-0.2, -0.15) is 0 Å². The van der Waals surface area contributed by atoms with E-state index in [0.29, 0.717) is 0 Å². The Morgan fingerprint density at radius 1 is 1.25 bits per heavy atom. The summed E-state index contributed by atoms with van der Waals surface area (Å²) in [5.41, 5.74) is 5.25. The van der Waals surface area contributed by atoms with Crippen molar-refractivity contribution in [1.82, 2.24) is 5.32 Å². The lowest BCUT2D eigenvalue weighted by Crippen LogP contribution is -2.26. The molecular weight excluding hydrogens is 198 g/mol. The lowest BCUT2D eigenvalue weighted by atomic mass is 10.0. The number of benzene rings is 1. The van der Waals surface area contributed by atoms with Gasteiger partial charge in [0.25, 0.3) is 0 Å². The van der Waals surface area contributed by atoms with Crippen LogP contribution in [0.3, 0.4) is 0 Å². The van der Waals surface area contributed by atoms with Gasteiger partial charge >= 0.3 is 0 Å². The number of nitrogens with one attached hydrogen (secondary N) is 2. The smallest absolute Gasteiger partial charge is 0.116 e. The molecule has 1 aromatic carbocycles. The molecule has 1 aromatic rings. The summed E-state index contributed by atoms with van der Waals surface area (Å²) >= 11 is 0. The topological polar surface area (TPSA) is 36.4 Å². The number of anilines is 1. The van der Waals surface area contributed by atoms with E-state index in [1.165, 1.54) is 22.4 Å². The second-order valence-electron chi connectivity index (χ2n) is 4.29. The van der Waals surface area contributed by atoms with Crippen LogP contribution in [0.25, 0.3) is 0 Å². The molecule has 0 aliphatic carbocycles. The molecule has 0 bridgehead atoms. The molecule has 0 atom stereocenters. The number of nitrogens with zero attached hydrogens (tertiary/aromatic N) is 1. The second kappa shape index (κ2) is 4.56. The molecule has 86 valence electrons. The molecule has 0 aromatic heterocycles. The Labute approximate surface area is 97.0 Å². The number of hydrogen-bond acceptors (Lipinski definition) is 3. The first-order valence-corrected chi connectivity index (χ1v) is 5.76. The van der Waals surface area contributed by atoms with Gasteiger partial charge in [-0.15, -0.1) is 0 Å². The van der Waals surface area contributed by atoms with Crippen molar-refractivity contribution in [2.45, 2.75) is 20.8 Å². The van der Waals surface area contributed by atoms with Crippen LogP contribution in [0.15, 0.2) is 17.1 Å². The van der Waals surface area contributed by atoms with Gasteiger partial charge in [0, 0.05) is 12.2 Å². The minimum Gasteiger partial charge on any atom is -0.378 e. The summed E-state index contributed by atoms with van der Waals surface area (Å²) < 4.78 is 0. The fourth-order valence-corrected chi connectivity index (χ4v) is 1.89. The summed E-state index contributed by atoms with van der Waals surface area (Å²) in [6.45, 7) is 9.15. The molecule has 0 unspecified atom stereocenters. The molecule has 1 heterocycles. The zero-order chi connectivity index (χ0) is 11.5. The second-order valence-corrected chi connectivity index (χ2v) is 4.29. The lowest BCUT2D eigenvalue weighted by Gasteiger charge is -2.13. The third-order valence-electron chi connectivity index (χ3n) is 3.25. The fraction of sp³-hybridized carbons (Fsp3) is 0.462. The van der Waals surface area contributed by atoms with E-state index in [1.807, 2.05) is 0 Å².